The number of carbonyl (C=O) groups is 2. The van der Waals surface area contributed by atoms with Gasteiger partial charge in [0.1, 0.15) is 9.84 Å². The van der Waals surface area contributed by atoms with Crippen LogP contribution < -0.4 is 0 Å². The van der Waals surface area contributed by atoms with Crippen LogP contribution in [0.15, 0.2) is 0 Å². The molecule has 98 valence electrons. The Morgan fingerprint density at radius 2 is 1.88 bits per heavy atom. The molecule has 0 unspecified atom stereocenters. The van der Waals surface area contributed by atoms with Gasteiger partial charge in [0.05, 0.1) is 24.5 Å². The number of aliphatic carboxylic acids is 1. The molecule has 0 aromatic heterocycles. The van der Waals surface area contributed by atoms with E-state index in [0.717, 1.165) is 0 Å². The van der Waals surface area contributed by atoms with Crippen LogP contribution in [-0.4, -0.2) is 44.1 Å². The van der Waals surface area contributed by atoms with Gasteiger partial charge in [0.2, 0.25) is 0 Å². The Balaban J connectivity index is 2.82. The van der Waals surface area contributed by atoms with E-state index in [4.69, 9.17) is 5.11 Å². The topological polar surface area (TPSA) is 97.7 Å². The summed E-state index contributed by atoms with van der Waals surface area (Å²) < 4.78 is 27.4. The number of hydrogen-bond donors (Lipinski definition) is 1. The minimum Gasteiger partial charge on any atom is -0.481 e. The summed E-state index contributed by atoms with van der Waals surface area (Å²) in [6.07, 6.45) is 0.233. The minimum absolute atomic E-state index is 0.0387. The van der Waals surface area contributed by atoms with Gasteiger partial charge in [-0.2, -0.15) is 0 Å². The van der Waals surface area contributed by atoms with E-state index in [9.17, 15) is 18.0 Å². The first-order valence-electron chi connectivity index (χ1n) is 5.36. The lowest BCUT2D eigenvalue weighted by atomic mass is 9.85. The van der Waals surface area contributed by atoms with Gasteiger partial charge in [0, 0.05) is 6.42 Å². The third-order valence-electron chi connectivity index (χ3n) is 3.08. The fourth-order valence-electron chi connectivity index (χ4n) is 2.04. The Labute approximate surface area is 99.9 Å². The quantitative estimate of drug-likeness (QED) is 0.725. The molecule has 1 N–H and O–H groups in total. The molecule has 1 aliphatic heterocycles. The van der Waals surface area contributed by atoms with Crippen molar-refractivity contribution in [3.63, 3.8) is 0 Å². The number of methoxy groups -OCH3 is 1. The maximum atomic E-state index is 11.4. The molecule has 0 radical (unpaired) electrons. The zero-order chi connectivity index (χ0) is 13.1. The number of carboxylic acid groups (broad SMARTS) is 1. The summed E-state index contributed by atoms with van der Waals surface area (Å²) in [6.45, 7) is 0. The van der Waals surface area contributed by atoms with E-state index in [0.29, 0.717) is 0 Å². The predicted octanol–water partition coefficient (Wildman–Crippen LogP) is 0.0751. The highest BCUT2D eigenvalue weighted by Gasteiger charge is 2.35. The van der Waals surface area contributed by atoms with Crippen LogP contribution in [0.2, 0.25) is 0 Å². The summed E-state index contributed by atoms with van der Waals surface area (Å²) in [7, 11) is -1.95. The molecule has 17 heavy (non-hydrogen) atoms. The van der Waals surface area contributed by atoms with Crippen LogP contribution in [0.4, 0.5) is 0 Å². The van der Waals surface area contributed by atoms with Crippen molar-refractivity contribution >= 4 is 21.8 Å². The van der Waals surface area contributed by atoms with Crippen molar-refractivity contribution in [2.24, 2.45) is 11.8 Å². The van der Waals surface area contributed by atoms with Crippen LogP contribution in [0, 0.1) is 11.8 Å². The molecule has 1 rings (SSSR count). The Kier molecular flexibility index (Phi) is 4.50. The molecule has 1 fully saturated rings. The fourth-order valence-corrected chi connectivity index (χ4v) is 3.52. The van der Waals surface area contributed by atoms with E-state index in [2.05, 4.69) is 4.74 Å². The van der Waals surface area contributed by atoms with Crippen LogP contribution in [0.5, 0.6) is 0 Å². The average molecular weight is 264 g/mol. The normalized spacial score (nSPS) is 28.1. The second kappa shape index (κ2) is 5.48. The van der Waals surface area contributed by atoms with Crippen LogP contribution in [0.1, 0.15) is 19.3 Å². The molecular formula is C10H16O6S. The number of esters is 1. The lowest BCUT2D eigenvalue weighted by molar-refractivity contribution is -0.146. The van der Waals surface area contributed by atoms with Crippen molar-refractivity contribution in [2.45, 2.75) is 19.3 Å². The maximum Gasteiger partial charge on any atom is 0.306 e. The number of ether oxygens (including phenoxy) is 1. The Morgan fingerprint density at radius 1 is 1.29 bits per heavy atom. The number of hydrogen-bond acceptors (Lipinski definition) is 5. The molecule has 0 amide bonds. The number of sulfone groups is 1. The third kappa shape index (κ3) is 3.99. The molecule has 0 spiro atoms. The fraction of sp³-hybridized carbons (Fsp3) is 0.800. The summed E-state index contributed by atoms with van der Waals surface area (Å²) in [5.41, 5.74) is 0. The Hall–Kier alpha value is -1.11. The van der Waals surface area contributed by atoms with Gasteiger partial charge in [-0.15, -0.1) is 0 Å². The van der Waals surface area contributed by atoms with Crippen molar-refractivity contribution in [1.29, 1.82) is 0 Å². The Morgan fingerprint density at radius 3 is 2.41 bits per heavy atom. The van der Waals surface area contributed by atoms with E-state index in [1.165, 1.54) is 7.11 Å². The number of carbonyl (C=O) groups excluding carboxylic acids is 1. The van der Waals surface area contributed by atoms with Crippen molar-refractivity contribution in [1.82, 2.24) is 0 Å². The number of carboxylic acids is 1. The monoisotopic (exact) mass is 264 g/mol. The zero-order valence-electron chi connectivity index (χ0n) is 9.59. The molecule has 0 aromatic carbocycles. The Bertz CT molecular complexity index is 399. The van der Waals surface area contributed by atoms with Crippen molar-refractivity contribution in [3.05, 3.63) is 0 Å². The first-order valence-corrected chi connectivity index (χ1v) is 7.18. The van der Waals surface area contributed by atoms with Gasteiger partial charge >= 0.3 is 11.9 Å². The lowest BCUT2D eigenvalue weighted by Crippen LogP contribution is -2.26. The van der Waals surface area contributed by atoms with Gasteiger partial charge in [-0.3, -0.25) is 9.59 Å². The molecule has 0 bridgehead atoms. The maximum absolute atomic E-state index is 11.4. The molecular weight excluding hydrogens is 248 g/mol. The van der Waals surface area contributed by atoms with Crippen molar-refractivity contribution in [3.8, 4) is 0 Å². The van der Waals surface area contributed by atoms with E-state index in [1.807, 2.05) is 0 Å². The standard InChI is InChI=1S/C10H16O6S/c1-16-9(11)6-7-2-4-17(14,15)5-3-8(7)10(12)13/h7-8H,2-6H2,1H3,(H,12,13)/t7-,8-/m1/s1. The summed E-state index contributed by atoms with van der Waals surface area (Å²) in [6, 6.07) is 0. The van der Waals surface area contributed by atoms with Crippen molar-refractivity contribution < 1.29 is 27.9 Å². The molecule has 2 atom stereocenters. The molecule has 0 saturated carbocycles. The minimum atomic E-state index is -3.18. The van der Waals surface area contributed by atoms with Gasteiger partial charge in [-0.25, -0.2) is 8.42 Å². The summed E-state index contributed by atoms with van der Waals surface area (Å²) in [5, 5.41) is 9.04. The van der Waals surface area contributed by atoms with Gasteiger partial charge in [-0.05, 0) is 18.8 Å². The second-order valence-corrected chi connectivity index (χ2v) is 6.52. The smallest absolute Gasteiger partial charge is 0.306 e. The molecule has 7 heteroatoms. The SMILES string of the molecule is COC(=O)C[C@H]1CCS(=O)(=O)CC[C@H]1C(=O)O. The van der Waals surface area contributed by atoms with Gasteiger partial charge in [0.25, 0.3) is 0 Å². The molecule has 0 aromatic rings. The predicted molar refractivity (Wildman–Crippen MR) is 59.1 cm³/mol. The highest BCUT2D eigenvalue weighted by Crippen LogP contribution is 2.28. The lowest BCUT2D eigenvalue weighted by Gasteiger charge is -2.19. The highest BCUT2D eigenvalue weighted by molar-refractivity contribution is 7.91. The summed E-state index contributed by atoms with van der Waals surface area (Å²) >= 11 is 0. The van der Waals surface area contributed by atoms with Gasteiger partial charge < -0.3 is 9.84 Å². The van der Waals surface area contributed by atoms with E-state index in [1.54, 1.807) is 0 Å². The van der Waals surface area contributed by atoms with Gasteiger partial charge in [0.15, 0.2) is 0 Å². The second-order valence-electron chi connectivity index (χ2n) is 4.21. The first-order chi connectivity index (χ1) is 7.85. The van der Waals surface area contributed by atoms with E-state index < -0.39 is 33.6 Å². The van der Waals surface area contributed by atoms with Crippen LogP contribution >= 0.6 is 0 Å². The summed E-state index contributed by atoms with van der Waals surface area (Å²) in [5.74, 6) is -2.97. The van der Waals surface area contributed by atoms with E-state index >= 15 is 0 Å². The molecule has 1 saturated heterocycles. The average Bonchev–Trinajstić information content (AvgIpc) is 2.38. The van der Waals surface area contributed by atoms with Gasteiger partial charge in [-0.1, -0.05) is 0 Å². The van der Waals surface area contributed by atoms with E-state index in [-0.39, 0.29) is 30.8 Å². The zero-order valence-corrected chi connectivity index (χ0v) is 10.4. The van der Waals surface area contributed by atoms with Crippen LogP contribution in [0.3, 0.4) is 0 Å². The number of rotatable bonds is 3. The molecule has 1 heterocycles. The third-order valence-corrected chi connectivity index (χ3v) is 4.80. The first kappa shape index (κ1) is 14.0. The molecule has 6 nitrogen and oxygen atoms in total. The summed E-state index contributed by atoms with van der Waals surface area (Å²) in [4.78, 5) is 22.2. The molecule has 0 aliphatic carbocycles. The largest absolute Gasteiger partial charge is 0.481 e. The highest BCUT2D eigenvalue weighted by atomic mass is 32.2. The van der Waals surface area contributed by atoms with Crippen molar-refractivity contribution in [2.75, 3.05) is 18.6 Å². The van der Waals surface area contributed by atoms with Crippen LogP contribution in [-0.2, 0) is 24.2 Å². The van der Waals surface area contributed by atoms with Crippen LogP contribution in [0.25, 0.3) is 0 Å². The molecule has 1 aliphatic rings.